The average molecular weight is 544 g/mol. The van der Waals surface area contributed by atoms with Gasteiger partial charge in [-0.1, -0.05) is 97.1 Å². The first kappa shape index (κ1) is 23.6. The van der Waals surface area contributed by atoms with Gasteiger partial charge in [0.2, 0.25) is 0 Å². The Hall–Kier alpha value is -5.23. The minimum absolute atomic E-state index is 0. The van der Waals surface area contributed by atoms with Crippen LogP contribution in [0.2, 0.25) is 0 Å². The molecule has 9 heteroatoms. The van der Waals surface area contributed by atoms with Crippen LogP contribution >= 0.6 is 0 Å². The van der Waals surface area contributed by atoms with Crippen LogP contribution in [-0.2, 0) is 0 Å². The Labute approximate surface area is 242 Å². The molecule has 0 atom stereocenters. The van der Waals surface area contributed by atoms with Crippen molar-refractivity contribution >= 4 is 83.7 Å². The third-order valence-corrected chi connectivity index (χ3v) is 7.59. The van der Waals surface area contributed by atoms with Crippen LogP contribution in [0.25, 0.3) is 43.1 Å². The van der Waals surface area contributed by atoms with Gasteiger partial charge in [-0.2, -0.15) is 0 Å². The molecule has 4 aromatic heterocycles. The van der Waals surface area contributed by atoms with E-state index >= 15 is 0 Å². The van der Waals surface area contributed by atoms with Crippen molar-refractivity contribution in [1.82, 2.24) is 19.9 Å². The number of hydrogen-bond acceptors (Lipinski definition) is 4. The number of aromatic amines is 4. The van der Waals surface area contributed by atoms with Crippen LogP contribution in [0.15, 0.2) is 117 Å². The molecule has 0 saturated carbocycles. The summed E-state index contributed by atoms with van der Waals surface area (Å²) < 4.78 is 0. The van der Waals surface area contributed by atoms with Gasteiger partial charge in [0, 0.05) is 43.1 Å². The Bertz CT molecular complexity index is 2220. The summed E-state index contributed by atoms with van der Waals surface area (Å²) in [6, 6.07) is 32.7. The minimum atomic E-state index is 0. The van der Waals surface area contributed by atoms with Gasteiger partial charge >= 0.3 is 17.4 Å². The number of hydrogen-bond donors (Lipinski definition) is 4. The molecule has 0 amide bonds. The summed E-state index contributed by atoms with van der Waals surface area (Å²) in [6.45, 7) is 0. The molecule has 0 fully saturated rings. The number of H-pyrrole nitrogens is 4. The van der Waals surface area contributed by atoms with Crippen molar-refractivity contribution in [2.24, 2.45) is 20.0 Å². The Morgan fingerprint density at radius 1 is 0.293 bits per heavy atom. The molecular weight excluding hydrogens is 523 g/mol. The van der Waals surface area contributed by atoms with E-state index in [1.165, 1.54) is 0 Å². The van der Waals surface area contributed by atoms with Gasteiger partial charge in [0.25, 0.3) is 0 Å². The molecule has 8 aromatic rings. The number of nitrogens with zero attached hydrogens (tertiary/aromatic N) is 4. The average Bonchev–Trinajstić information content (AvgIpc) is 3.73. The van der Waals surface area contributed by atoms with Crippen molar-refractivity contribution in [3.63, 3.8) is 0 Å². The van der Waals surface area contributed by atoms with Gasteiger partial charge in [-0.15, -0.1) is 0 Å². The van der Waals surface area contributed by atoms with E-state index in [0.29, 0.717) is 0 Å². The summed E-state index contributed by atoms with van der Waals surface area (Å²) in [5.74, 6) is 2.92. The molecule has 1 aliphatic rings. The zero-order valence-corrected chi connectivity index (χ0v) is 22.8. The molecule has 0 aliphatic carbocycles. The number of benzene rings is 4. The zero-order chi connectivity index (χ0) is 26.2. The third kappa shape index (κ3) is 3.54. The fourth-order valence-electron chi connectivity index (χ4n) is 5.72. The molecule has 5 heterocycles. The van der Waals surface area contributed by atoms with E-state index in [4.69, 9.17) is 20.0 Å². The van der Waals surface area contributed by atoms with Crippen LogP contribution in [0, 0.1) is 0 Å². The number of rotatable bonds is 0. The van der Waals surface area contributed by atoms with Crippen LogP contribution in [0.3, 0.4) is 0 Å². The van der Waals surface area contributed by atoms with E-state index < -0.39 is 0 Å². The van der Waals surface area contributed by atoms with Gasteiger partial charge in [0.15, 0.2) is 0 Å². The van der Waals surface area contributed by atoms with Gasteiger partial charge < -0.3 is 19.9 Å². The summed E-state index contributed by atoms with van der Waals surface area (Å²) in [6.07, 6.45) is 0. The van der Waals surface area contributed by atoms with Crippen LogP contribution in [0.4, 0.5) is 23.3 Å². The first-order valence-corrected chi connectivity index (χ1v) is 13.1. The van der Waals surface area contributed by atoms with Crippen LogP contribution in [0.5, 0.6) is 0 Å². The van der Waals surface area contributed by atoms with Crippen molar-refractivity contribution in [3.8, 4) is 0 Å². The van der Waals surface area contributed by atoms with E-state index in [2.05, 4.69) is 68.5 Å². The maximum absolute atomic E-state index is 5.08. The number of aromatic nitrogens is 4. The summed E-state index contributed by atoms with van der Waals surface area (Å²) in [5.41, 5.74) is 2.92. The normalized spacial score (nSPS) is 12.5. The Kier molecular flexibility index (Phi) is 5.13. The SMILES string of the molecule is [Al+3].c1ccc2c3[nH]c(c2c1)N=c1[nH]c(c2ccccc12)=Nc1[nH]c(c2ccccc12)N=c1[nH]c(c2ccccc12)=N3. The first-order chi connectivity index (χ1) is 19.8. The molecular formula is C32H20AlN8+3. The van der Waals surface area contributed by atoms with E-state index in [9.17, 15) is 0 Å². The van der Waals surface area contributed by atoms with Gasteiger partial charge in [0.1, 0.15) is 45.2 Å². The second kappa shape index (κ2) is 8.90. The predicted molar refractivity (Wildman–Crippen MR) is 162 cm³/mol. The molecule has 8 bridgehead atoms. The predicted octanol–water partition coefficient (Wildman–Crippen LogP) is 5.35. The van der Waals surface area contributed by atoms with Crippen molar-refractivity contribution in [2.45, 2.75) is 0 Å². The van der Waals surface area contributed by atoms with E-state index in [1.807, 2.05) is 48.5 Å². The summed E-state index contributed by atoms with van der Waals surface area (Å²) in [5, 5.41) is 7.91. The summed E-state index contributed by atoms with van der Waals surface area (Å²) >= 11 is 0. The number of fused-ring (bicyclic) bond motifs is 20. The molecule has 41 heavy (non-hydrogen) atoms. The first-order valence-electron chi connectivity index (χ1n) is 13.1. The molecule has 0 spiro atoms. The van der Waals surface area contributed by atoms with Gasteiger partial charge in [-0.25, -0.2) is 20.0 Å². The maximum Gasteiger partial charge on any atom is 3.00 e. The Morgan fingerprint density at radius 2 is 0.512 bits per heavy atom. The summed E-state index contributed by atoms with van der Waals surface area (Å²) in [7, 11) is 0. The number of nitrogens with one attached hydrogen (secondary N) is 4. The van der Waals surface area contributed by atoms with Crippen molar-refractivity contribution in [1.29, 1.82) is 0 Å². The molecule has 4 N–H and O–H groups in total. The van der Waals surface area contributed by atoms with Gasteiger partial charge in [-0.05, 0) is 0 Å². The third-order valence-electron chi connectivity index (χ3n) is 7.59. The molecule has 4 aromatic carbocycles. The van der Waals surface area contributed by atoms with Crippen molar-refractivity contribution in [3.05, 3.63) is 119 Å². The molecule has 188 valence electrons. The Balaban J connectivity index is 0.00000256. The topological polar surface area (TPSA) is 113 Å². The minimum Gasteiger partial charge on any atom is -0.324 e. The summed E-state index contributed by atoms with van der Waals surface area (Å²) in [4.78, 5) is 34.3. The second-order valence-corrected chi connectivity index (χ2v) is 9.92. The van der Waals surface area contributed by atoms with E-state index in [0.717, 1.165) is 88.3 Å². The largest absolute Gasteiger partial charge is 3.00 e. The smallest absolute Gasteiger partial charge is 0.324 e. The molecule has 8 nitrogen and oxygen atoms in total. The molecule has 0 unspecified atom stereocenters. The molecule has 9 rings (SSSR count). The van der Waals surface area contributed by atoms with Crippen LogP contribution < -0.4 is 22.0 Å². The van der Waals surface area contributed by atoms with Crippen molar-refractivity contribution in [2.75, 3.05) is 0 Å². The Morgan fingerprint density at radius 3 is 0.756 bits per heavy atom. The maximum atomic E-state index is 5.08. The molecule has 0 radical (unpaired) electrons. The van der Waals surface area contributed by atoms with E-state index in [-0.39, 0.29) is 17.4 Å². The fourth-order valence-corrected chi connectivity index (χ4v) is 5.72. The monoisotopic (exact) mass is 543 g/mol. The molecule has 1 aliphatic heterocycles. The standard InChI is InChI=1S/C32H20N8.Al/c1-2-10-18-17(9-1)25-33-26(18)38-28-21-13-5-6-14-22(21)30(35-28)40-32-24-16-8-7-15-23(24)31(36-32)39-29-20-12-4-3-11-19(20)27(34-29)37-25;/h1-16H,(H4,33,34,35,36,37,38,39,40);/q;+3. The quantitative estimate of drug-likeness (QED) is 0.185. The second-order valence-electron chi connectivity index (χ2n) is 9.92. The fraction of sp³-hybridized carbons (Fsp3) is 0. The van der Waals surface area contributed by atoms with Crippen LogP contribution in [0.1, 0.15) is 0 Å². The van der Waals surface area contributed by atoms with Gasteiger partial charge in [0.05, 0.1) is 0 Å². The van der Waals surface area contributed by atoms with Crippen molar-refractivity contribution < 1.29 is 0 Å². The van der Waals surface area contributed by atoms with Crippen LogP contribution in [-0.4, -0.2) is 37.3 Å². The van der Waals surface area contributed by atoms with E-state index in [1.54, 1.807) is 0 Å². The van der Waals surface area contributed by atoms with Gasteiger partial charge in [-0.3, -0.25) is 0 Å². The molecule has 0 saturated heterocycles. The zero-order valence-electron chi connectivity index (χ0n) is 21.6.